The van der Waals surface area contributed by atoms with E-state index in [-0.39, 0.29) is 0 Å². The van der Waals surface area contributed by atoms with Crippen molar-refractivity contribution in [1.82, 2.24) is 0 Å². The molecule has 0 fully saturated rings. The molecule has 1 aliphatic carbocycles. The van der Waals surface area contributed by atoms with E-state index >= 15 is 0 Å². The summed E-state index contributed by atoms with van der Waals surface area (Å²) in [6, 6.07) is 17.6. The quantitative estimate of drug-likeness (QED) is 0.298. The van der Waals surface area contributed by atoms with Gasteiger partial charge in [0.05, 0.1) is 0 Å². The highest BCUT2D eigenvalue weighted by Gasteiger charge is 2.19. The molecule has 0 N–H and O–H groups in total. The van der Waals surface area contributed by atoms with Gasteiger partial charge in [0.15, 0.2) is 5.71 Å². The van der Waals surface area contributed by atoms with E-state index in [2.05, 4.69) is 141 Å². The Bertz CT molecular complexity index is 1290. The lowest BCUT2D eigenvalue weighted by Crippen LogP contribution is -2.21. The van der Waals surface area contributed by atoms with Crippen molar-refractivity contribution in [3.63, 3.8) is 0 Å². The Kier molecular flexibility index (Phi) is 9.64. The highest BCUT2D eigenvalue weighted by molar-refractivity contribution is 6.02. The standard InChI is InChI=1S/C35H44N3O/c1-7-36(8-2)31-19-13-27(14-20-31)30-25-34(28-15-21-32(22-16-28)37(9-3)10-4)39-35(26-30)29-17-23-33(24-18-29)38(11-5)12-6/h13-26H,7-12H2,1-6H3/q+1. The van der Waals surface area contributed by atoms with Crippen LogP contribution in [0.25, 0.3) is 11.3 Å². The average molecular weight is 523 g/mol. The smallest absolute Gasteiger partial charge is 0.199 e. The van der Waals surface area contributed by atoms with Crippen LogP contribution in [0.1, 0.15) is 52.7 Å². The lowest BCUT2D eigenvalue weighted by atomic mass is 9.97. The molecule has 4 heteroatoms. The van der Waals surface area contributed by atoms with Gasteiger partial charge in [-0.15, -0.1) is 0 Å². The van der Waals surface area contributed by atoms with Crippen molar-refractivity contribution in [2.75, 3.05) is 49.1 Å². The van der Waals surface area contributed by atoms with Crippen LogP contribution in [0.5, 0.6) is 0 Å². The van der Waals surface area contributed by atoms with Crippen molar-refractivity contribution in [1.29, 1.82) is 0 Å². The summed E-state index contributed by atoms with van der Waals surface area (Å²) >= 11 is 0. The zero-order valence-electron chi connectivity index (χ0n) is 24.6. The van der Waals surface area contributed by atoms with E-state index in [9.17, 15) is 0 Å². The van der Waals surface area contributed by atoms with Gasteiger partial charge in [0, 0.05) is 60.8 Å². The molecule has 2 aromatic rings. The Morgan fingerprint density at radius 2 is 1.08 bits per heavy atom. The summed E-state index contributed by atoms with van der Waals surface area (Å²) in [6.07, 6.45) is 13.1. The van der Waals surface area contributed by atoms with Gasteiger partial charge in [-0.2, -0.15) is 0 Å². The largest absolute Gasteiger partial charge is 0.456 e. The van der Waals surface area contributed by atoms with Gasteiger partial charge in [-0.1, -0.05) is 12.1 Å². The molecule has 0 saturated heterocycles. The van der Waals surface area contributed by atoms with Gasteiger partial charge < -0.3 is 14.5 Å². The number of rotatable bonds is 10. The summed E-state index contributed by atoms with van der Waals surface area (Å²) in [5, 5.41) is 0. The summed E-state index contributed by atoms with van der Waals surface area (Å²) in [5.41, 5.74) is 8.21. The second kappa shape index (κ2) is 13.3. The van der Waals surface area contributed by atoms with Crippen LogP contribution >= 0.6 is 0 Å². The summed E-state index contributed by atoms with van der Waals surface area (Å²) < 4.78 is 8.94. The minimum absolute atomic E-state index is 0.870. The van der Waals surface area contributed by atoms with Crippen LogP contribution in [0.15, 0.2) is 96.3 Å². The zero-order valence-corrected chi connectivity index (χ0v) is 24.6. The van der Waals surface area contributed by atoms with Crippen LogP contribution in [-0.2, 0) is 4.74 Å². The molecule has 204 valence electrons. The molecule has 2 aliphatic rings. The third-order valence-electron chi connectivity index (χ3n) is 7.68. The molecule has 1 aliphatic heterocycles. The SMILES string of the molecule is CCN(CC)c1ccc(C2=CC(=C3C=CC(=[N+](CC)CC)C=C3)OC(c3ccc(N(CC)CC)cc3)=C2)cc1. The second-order valence-electron chi connectivity index (χ2n) is 9.73. The van der Waals surface area contributed by atoms with Crippen molar-refractivity contribution in [3.05, 3.63) is 107 Å². The third kappa shape index (κ3) is 6.44. The maximum atomic E-state index is 6.58. The van der Waals surface area contributed by atoms with Crippen LogP contribution < -0.4 is 9.80 Å². The van der Waals surface area contributed by atoms with Crippen molar-refractivity contribution < 1.29 is 9.31 Å². The van der Waals surface area contributed by atoms with Gasteiger partial charge in [-0.3, -0.25) is 0 Å². The van der Waals surface area contributed by atoms with E-state index in [1.54, 1.807) is 0 Å². The Balaban J connectivity index is 1.74. The number of hydrogen-bond acceptors (Lipinski definition) is 3. The predicted molar refractivity (Wildman–Crippen MR) is 169 cm³/mol. The Morgan fingerprint density at radius 3 is 1.54 bits per heavy atom. The lowest BCUT2D eigenvalue weighted by Gasteiger charge is -2.23. The minimum Gasteiger partial charge on any atom is -0.456 e. The Morgan fingerprint density at radius 1 is 0.590 bits per heavy atom. The summed E-state index contributed by atoms with van der Waals surface area (Å²) in [4.78, 5) is 4.73. The molecule has 0 aromatic heterocycles. The van der Waals surface area contributed by atoms with E-state index in [4.69, 9.17) is 4.74 Å². The van der Waals surface area contributed by atoms with Crippen LogP contribution in [0, 0.1) is 0 Å². The molecule has 2 aromatic carbocycles. The van der Waals surface area contributed by atoms with Crippen molar-refractivity contribution in [3.8, 4) is 0 Å². The van der Waals surface area contributed by atoms with Gasteiger partial charge in [-0.05, 0) is 113 Å². The first-order chi connectivity index (χ1) is 19.0. The fourth-order valence-corrected chi connectivity index (χ4v) is 5.26. The van der Waals surface area contributed by atoms with E-state index in [0.717, 1.165) is 67.5 Å². The number of allylic oxidation sites excluding steroid dienone is 8. The first-order valence-corrected chi connectivity index (χ1v) is 14.6. The third-order valence-corrected chi connectivity index (χ3v) is 7.68. The maximum Gasteiger partial charge on any atom is 0.199 e. The molecule has 4 rings (SSSR count). The van der Waals surface area contributed by atoms with E-state index < -0.39 is 0 Å². The number of hydrogen-bond donors (Lipinski definition) is 0. The van der Waals surface area contributed by atoms with Crippen LogP contribution in [0.2, 0.25) is 0 Å². The van der Waals surface area contributed by atoms with Gasteiger partial charge in [0.1, 0.15) is 24.6 Å². The van der Waals surface area contributed by atoms with Gasteiger partial charge in [0.25, 0.3) is 0 Å². The van der Waals surface area contributed by atoms with Crippen molar-refractivity contribution in [2.24, 2.45) is 0 Å². The molecule has 0 amide bonds. The van der Waals surface area contributed by atoms with Gasteiger partial charge in [-0.25, -0.2) is 4.58 Å². The minimum atomic E-state index is 0.870. The molecule has 0 radical (unpaired) electrons. The molecule has 0 spiro atoms. The summed E-state index contributed by atoms with van der Waals surface area (Å²) in [7, 11) is 0. The average Bonchev–Trinajstić information content (AvgIpc) is 3.00. The van der Waals surface area contributed by atoms with Gasteiger partial charge >= 0.3 is 0 Å². The molecule has 39 heavy (non-hydrogen) atoms. The zero-order chi connectivity index (χ0) is 27.8. The first-order valence-electron chi connectivity index (χ1n) is 14.6. The Hall–Kier alpha value is -3.79. The molecular formula is C35H44N3O+. The number of benzene rings is 2. The molecule has 0 bridgehead atoms. The van der Waals surface area contributed by atoms with Crippen LogP contribution in [0.3, 0.4) is 0 Å². The topological polar surface area (TPSA) is 18.7 Å². The second-order valence-corrected chi connectivity index (χ2v) is 9.73. The Labute approximate surface area is 235 Å². The maximum absolute atomic E-state index is 6.58. The monoisotopic (exact) mass is 522 g/mol. The summed E-state index contributed by atoms with van der Waals surface area (Å²) in [6.45, 7) is 19.2. The number of ether oxygens (including phenoxy) is 1. The van der Waals surface area contributed by atoms with Crippen LogP contribution in [0.4, 0.5) is 11.4 Å². The van der Waals surface area contributed by atoms with Crippen molar-refractivity contribution in [2.45, 2.75) is 41.5 Å². The normalized spacial score (nSPS) is 14.7. The molecule has 0 unspecified atom stereocenters. The molecule has 1 heterocycles. The molecule has 4 nitrogen and oxygen atoms in total. The fourth-order valence-electron chi connectivity index (χ4n) is 5.26. The molecular weight excluding hydrogens is 478 g/mol. The number of anilines is 2. The molecule has 0 atom stereocenters. The predicted octanol–water partition coefficient (Wildman–Crippen LogP) is 7.71. The highest BCUT2D eigenvalue weighted by atomic mass is 16.5. The highest BCUT2D eigenvalue weighted by Crippen LogP contribution is 2.35. The first kappa shape index (κ1) is 28.2. The van der Waals surface area contributed by atoms with E-state index in [1.807, 2.05) is 0 Å². The van der Waals surface area contributed by atoms with E-state index in [0.29, 0.717) is 0 Å². The summed E-state index contributed by atoms with van der Waals surface area (Å²) in [5.74, 6) is 1.74. The lowest BCUT2D eigenvalue weighted by molar-refractivity contribution is -0.519. The molecule has 0 saturated carbocycles. The van der Waals surface area contributed by atoms with Gasteiger partial charge in [0.2, 0.25) is 0 Å². The van der Waals surface area contributed by atoms with Crippen molar-refractivity contribution >= 4 is 28.4 Å². The van der Waals surface area contributed by atoms with E-state index in [1.165, 1.54) is 22.6 Å². The van der Waals surface area contributed by atoms with Crippen LogP contribution in [-0.4, -0.2) is 49.6 Å². The number of nitrogens with zero attached hydrogens (tertiary/aromatic N) is 3. The fraction of sp³-hybridized carbons (Fsp3) is 0.343.